The fourth-order valence-electron chi connectivity index (χ4n) is 1.70. The average molecular weight is 260 g/mol. The van der Waals surface area contributed by atoms with E-state index in [1.807, 2.05) is 0 Å². The van der Waals surface area contributed by atoms with Gasteiger partial charge >= 0.3 is 0 Å². The molecule has 0 bridgehead atoms. The summed E-state index contributed by atoms with van der Waals surface area (Å²) in [5.41, 5.74) is 0.797. The summed E-state index contributed by atoms with van der Waals surface area (Å²) in [5, 5.41) is 17.0. The number of H-pyrrole nitrogens is 1. The molecule has 2 N–H and O–H groups in total. The zero-order valence-electron chi connectivity index (χ0n) is 9.88. The first-order chi connectivity index (χ1) is 9.13. The number of carbonyl (C=O) groups excluding carboxylic acids is 1. The molecule has 0 radical (unpaired) electrons. The Balaban J connectivity index is 1.93. The Morgan fingerprint density at radius 3 is 3.05 bits per heavy atom. The molecule has 1 amide bonds. The Bertz CT molecular complexity index is 761. The minimum absolute atomic E-state index is 0.162. The Hall–Kier alpha value is -2.77. The molecule has 2 heterocycles. The molecular weight excluding hydrogens is 251 g/mol. The van der Waals surface area contributed by atoms with E-state index >= 15 is 0 Å². The molecule has 0 saturated carbocycles. The Morgan fingerprint density at radius 1 is 1.47 bits per heavy atom. The van der Waals surface area contributed by atoms with Crippen LogP contribution in [0.2, 0.25) is 0 Å². The SMILES string of the molecule is Cn1cc(C(=O)Nc2n[nH]c3ccc(F)cc23)nn1. The summed E-state index contributed by atoms with van der Waals surface area (Å²) >= 11 is 0. The van der Waals surface area contributed by atoms with E-state index in [0.717, 1.165) is 0 Å². The van der Waals surface area contributed by atoms with Crippen molar-refractivity contribution in [1.82, 2.24) is 25.2 Å². The van der Waals surface area contributed by atoms with Gasteiger partial charge in [0.2, 0.25) is 0 Å². The minimum atomic E-state index is -0.453. The molecule has 0 spiro atoms. The Morgan fingerprint density at radius 2 is 2.32 bits per heavy atom. The number of aryl methyl sites for hydroxylation is 1. The normalized spacial score (nSPS) is 10.8. The molecule has 0 aliphatic rings. The van der Waals surface area contributed by atoms with Crippen LogP contribution in [0.3, 0.4) is 0 Å². The lowest BCUT2D eigenvalue weighted by Gasteiger charge is -1.98. The lowest BCUT2D eigenvalue weighted by Crippen LogP contribution is -2.13. The first-order valence-electron chi connectivity index (χ1n) is 5.45. The number of aromatic nitrogens is 5. The molecule has 19 heavy (non-hydrogen) atoms. The number of hydrogen-bond donors (Lipinski definition) is 2. The number of nitrogens with one attached hydrogen (secondary N) is 2. The van der Waals surface area contributed by atoms with E-state index in [0.29, 0.717) is 10.9 Å². The van der Waals surface area contributed by atoms with Crippen LogP contribution in [0.1, 0.15) is 10.5 Å². The van der Waals surface area contributed by atoms with Gasteiger partial charge in [0, 0.05) is 12.4 Å². The molecule has 0 aliphatic carbocycles. The van der Waals surface area contributed by atoms with Gasteiger partial charge in [0.25, 0.3) is 5.91 Å². The van der Waals surface area contributed by atoms with Crippen LogP contribution in [0, 0.1) is 5.82 Å². The quantitative estimate of drug-likeness (QED) is 0.721. The topological polar surface area (TPSA) is 88.5 Å². The van der Waals surface area contributed by atoms with Crippen molar-refractivity contribution in [3.05, 3.63) is 35.9 Å². The van der Waals surface area contributed by atoms with Crippen LogP contribution in [0.15, 0.2) is 24.4 Å². The number of benzene rings is 1. The van der Waals surface area contributed by atoms with E-state index in [1.165, 1.54) is 23.0 Å². The molecular formula is C11H9FN6O. The fraction of sp³-hybridized carbons (Fsp3) is 0.0909. The number of rotatable bonds is 2. The third-order valence-electron chi connectivity index (χ3n) is 2.59. The summed E-state index contributed by atoms with van der Waals surface area (Å²) in [6, 6.07) is 4.16. The summed E-state index contributed by atoms with van der Waals surface area (Å²) in [6.07, 6.45) is 1.48. The van der Waals surface area contributed by atoms with Crippen LogP contribution < -0.4 is 5.32 Å². The Labute approximate surface area is 106 Å². The smallest absolute Gasteiger partial charge is 0.279 e. The maximum absolute atomic E-state index is 13.2. The molecule has 96 valence electrons. The van der Waals surface area contributed by atoms with Gasteiger partial charge in [0.15, 0.2) is 11.5 Å². The lowest BCUT2D eigenvalue weighted by molar-refractivity contribution is 0.102. The zero-order valence-corrected chi connectivity index (χ0v) is 9.88. The summed E-state index contributed by atoms with van der Waals surface area (Å²) < 4.78 is 14.6. The van der Waals surface area contributed by atoms with Crippen LogP contribution in [0.25, 0.3) is 10.9 Å². The molecule has 0 fully saturated rings. The van der Waals surface area contributed by atoms with E-state index in [2.05, 4.69) is 25.8 Å². The number of aromatic amines is 1. The highest BCUT2D eigenvalue weighted by Crippen LogP contribution is 2.21. The van der Waals surface area contributed by atoms with Gasteiger partial charge in [-0.1, -0.05) is 5.21 Å². The summed E-state index contributed by atoms with van der Waals surface area (Å²) in [6.45, 7) is 0. The highest BCUT2D eigenvalue weighted by atomic mass is 19.1. The number of amides is 1. The van der Waals surface area contributed by atoms with Crippen molar-refractivity contribution in [1.29, 1.82) is 0 Å². The van der Waals surface area contributed by atoms with Gasteiger partial charge in [0.1, 0.15) is 5.82 Å². The molecule has 3 rings (SSSR count). The molecule has 8 heteroatoms. The van der Waals surface area contributed by atoms with Crippen LogP contribution >= 0.6 is 0 Å². The predicted octanol–water partition coefficient (Wildman–Crippen LogP) is 1.08. The standard InChI is InChI=1S/C11H9FN6O/c1-18-5-9(15-17-18)11(19)13-10-7-4-6(12)2-3-8(7)14-16-10/h2-5H,1H3,(H2,13,14,16,19). The van der Waals surface area contributed by atoms with Gasteiger partial charge in [-0.2, -0.15) is 5.10 Å². The number of carbonyl (C=O) groups is 1. The van der Waals surface area contributed by atoms with Gasteiger partial charge in [-0.25, -0.2) is 4.39 Å². The van der Waals surface area contributed by atoms with E-state index in [-0.39, 0.29) is 11.5 Å². The maximum atomic E-state index is 13.2. The van der Waals surface area contributed by atoms with Crippen molar-refractivity contribution >= 4 is 22.6 Å². The van der Waals surface area contributed by atoms with Crippen molar-refractivity contribution in [2.45, 2.75) is 0 Å². The van der Waals surface area contributed by atoms with Gasteiger partial charge in [-0.15, -0.1) is 5.10 Å². The highest BCUT2D eigenvalue weighted by Gasteiger charge is 2.14. The lowest BCUT2D eigenvalue weighted by atomic mass is 10.2. The van der Waals surface area contributed by atoms with Crippen molar-refractivity contribution < 1.29 is 9.18 Å². The minimum Gasteiger partial charge on any atom is -0.303 e. The zero-order chi connectivity index (χ0) is 13.4. The number of nitrogens with zero attached hydrogens (tertiary/aromatic N) is 4. The maximum Gasteiger partial charge on any atom is 0.279 e. The second kappa shape index (κ2) is 4.16. The Kier molecular flexibility index (Phi) is 2.48. The molecule has 2 aromatic heterocycles. The molecule has 7 nitrogen and oxygen atoms in total. The van der Waals surface area contributed by atoms with E-state index in [1.54, 1.807) is 13.1 Å². The number of fused-ring (bicyclic) bond motifs is 1. The van der Waals surface area contributed by atoms with Crippen LogP contribution in [0.4, 0.5) is 10.2 Å². The van der Waals surface area contributed by atoms with Crippen LogP contribution in [-0.4, -0.2) is 31.1 Å². The van der Waals surface area contributed by atoms with E-state index < -0.39 is 11.7 Å². The first kappa shape index (κ1) is 11.3. The van der Waals surface area contributed by atoms with Gasteiger partial charge in [-0.3, -0.25) is 14.6 Å². The average Bonchev–Trinajstić information content (AvgIpc) is 2.97. The fourth-order valence-corrected chi connectivity index (χ4v) is 1.70. The molecule has 0 unspecified atom stereocenters. The first-order valence-corrected chi connectivity index (χ1v) is 5.45. The third kappa shape index (κ3) is 2.03. The van der Waals surface area contributed by atoms with Crippen molar-refractivity contribution in [3.63, 3.8) is 0 Å². The molecule has 0 saturated heterocycles. The van der Waals surface area contributed by atoms with Gasteiger partial charge in [-0.05, 0) is 18.2 Å². The van der Waals surface area contributed by atoms with Gasteiger partial charge in [0.05, 0.1) is 11.7 Å². The summed E-state index contributed by atoms with van der Waals surface area (Å²) in [4.78, 5) is 11.9. The molecule has 0 atom stereocenters. The van der Waals surface area contributed by atoms with Crippen LogP contribution in [0.5, 0.6) is 0 Å². The van der Waals surface area contributed by atoms with Crippen molar-refractivity contribution in [2.24, 2.45) is 7.05 Å². The molecule has 1 aromatic carbocycles. The molecule has 3 aromatic rings. The van der Waals surface area contributed by atoms with Crippen molar-refractivity contribution in [2.75, 3.05) is 5.32 Å². The van der Waals surface area contributed by atoms with Crippen LogP contribution in [-0.2, 0) is 7.05 Å². The monoisotopic (exact) mass is 260 g/mol. The predicted molar refractivity (Wildman–Crippen MR) is 65.0 cm³/mol. The summed E-state index contributed by atoms with van der Waals surface area (Å²) in [7, 11) is 1.66. The largest absolute Gasteiger partial charge is 0.303 e. The second-order valence-electron chi connectivity index (χ2n) is 3.99. The van der Waals surface area contributed by atoms with E-state index in [4.69, 9.17) is 0 Å². The van der Waals surface area contributed by atoms with Crippen molar-refractivity contribution in [3.8, 4) is 0 Å². The number of halogens is 1. The second-order valence-corrected chi connectivity index (χ2v) is 3.99. The summed E-state index contributed by atoms with van der Waals surface area (Å²) in [5.74, 6) is -0.597. The van der Waals surface area contributed by atoms with E-state index in [9.17, 15) is 9.18 Å². The number of anilines is 1. The number of hydrogen-bond acceptors (Lipinski definition) is 4. The van der Waals surface area contributed by atoms with Gasteiger partial charge < -0.3 is 5.32 Å². The third-order valence-corrected chi connectivity index (χ3v) is 2.59. The molecule has 0 aliphatic heterocycles. The highest BCUT2D eigenvalue weighted by molar-refractivity contribution is 6.06.